The van der Waals surface area contributed by atoms with Crippen LogP contribution in [0.15, 0.2) is 53.4 Å². The summed E-state index contributed by atoms with van der Waals surface area (Å²) in [4.78, 5) is 12.0. The second kappa shape index (κ2) is 7.32. The number of hydrogen-bond donors (Lipinski definition) is 2. The highest BCUT2D eigenvalue weighted by molar-refractivity contribution is 7.89. The van der Waals surface area contributed by atoms with Crippen molar-refractivity contribution >= 4 is 27.3 Å². The summed E-state index contributed by atoms with van der Waals surface area (Å²) < 4.78 is 27.7. The molecule has 142 valence electrons. The van der Waals surface area contributed by atoms with Gasteiger partial charge in [-0.25, -0.2) is 8.42 Å². The standard InChI is InChI=1S/C20H23N3O3S/c24-20-8-4-5-15-13-18(9-10-19(15)22-20)27(25,26)23-12-11-17(14-23)21-16-6-2-1-3-7-16/h1-3,6-7,9-10,13,17,21H,4-5,8,11-12,14H2,(H,22,24). The summed E-state index contributed by atoms with van der Waals surface area (Å²) in [5.74, 6) is -0.0151. The van der Waals surface area contributed by atoms with Gasteiger partial charge in [-0.3, -0.25) is 4.79 Å². The fourth-order valence-electron chi connectivity index (χ4n) is 3.69. The van der Waals surface area contributed by atoms with Crippen LogP contribution in [0.4, 0.5) is 11.4 Å². The number of benzene rings is 2. The predicted molar refractivity (Wildman–Crippen MR) is 105 cm³/mol. The zero-order valence-electron chi connectivity index (χ0n) is 15.0. The molecule has 2 heterocycles. The summed E-state index contributed by atoms with van der Waals surface area (Å²) in [7, 11) is -3.54. The number of aryl methyl sites for hydroxylation is 1. The van der Waals surface area contributed by atoms with Crippen LogP contribution in [-0.4, -0.2) is 37.8 Å². The molecule has 1 fully saturated rings. The Bertz CT molecular complexity index is 944. The summed E-state index contributed by atoms with van der Waals surface area (Å²) in [6.07, 6.45) is 2.68. The van der Waals surface area contributed by atoms with Crippen molar-refractivity contribution in [1.82, 2.24) is 4.31 Å². The predicted octanol–water partition coefficient (Wildman–Crippen LogP) is 2.84. The Kier molecular flexibility index (Phi) is 4.88. The number of hydrogen-bond acceptors (Lipinski definition) is 4. The summed E-state index contributed by atoms with van der Waals surface area (Å²) in [6.45, 7) is 0.950. The maximum Gasteiger partial charge on any atom is 0.243 e. The van der Waals surface area contributed by atoms with Crippen LogP contribution in [0.5, 0.6) is 0 Å². The maximum absolute atomic E-state index is 13.1. The van der Waals surface area contributed by atoms with E-state index >= 15 is 0 Å². The van der Waals surface area contributed by atoms with Gasteiger partial charge in [-0.15, -0.1) is 0 Å². The second-order valence-corrected chi connectivity index (χ2v) is 9.02. The van der Waals surface area contributed by atoms with E-state index in [1.807, 2.05) is 30.3 Å². The molecule has 2 aromatic rings. The number of carbonyl (C=O) groups is 1. The van der Waals surface area contributed by atoms with E-state index in [0.29, 0.717) is 30.8 Å². The van der Waals surface area contributed by atoms with Crippen LogP contribution < -0.4 is 10.6 Å². The van der Waals surface area contributed by atoms with E-state index in [2.05, 4.69) is 10.6 Å². The topological polar surface area (TPSA) is 78.5 Å². The molecule has 0 aromatic heterocycles. The number of sulfonamides is 1. The first-order valence-corrected chi connectivity index (χ1v) is 10.7. The van der Waals surface area contributed by atoms with Crippen LogP contribution in [0.2, 0.25) is 0 Å². The van der Waals surface area contributed by atoms with Crippen molar-refractivity contribution in [2.45, 2.75) is 36.6 Å². The lowest BCUT2D eigenvalue weighted by Gasteiger charge is -2.19. The van der Waals surface area contributed by atoms with Gasteiger partial charge in [0.2, 0.25) is 15.9 Å². The van der Waals surface area contributed by atoms with Crippen LogP contribution >= 0.6 is 0 Å². The first-order chi connectivity index (χ1) is 13.0. The van der Waals surface area contributed by atoms with Crippen molar-refractivity contribution in [2.24, 2.45) is 0 Å². The molecule has 27 heavy (non-hydrogen) atoms. The second-order valence-electron chi connectivity index (χ2n) is 7.08. The molecule has 1 saturated heterocycles. The van der Waals surface area contributed by atoms with Gasteiger partial charge < -0.3 is 10.6 Å². The third kappa shape index (κ3) is 3.84. The lowest BCUT2D eigenvalue weighted by molar-refractivity contribution is -0.116. The quantitative estimate of drug-likeness (QED) is 0.848. The number of amides is 1. The first kappa shape index (κ1) is 18.0. The molecule has 2 aliphatic rings. The van der Waals surface area contributed by atoms with Crippen LogP contribution in [0, 0.1) is 0 Å². The lowest BCUT2D eigenvalue weighted by atomic mass is 10.1. The van der Waals surface area contributed by atoms with Crippen LogP contribution in [0.1, 0.15) is 24.8 Å². The van der Waals surface area contributed by atoms with E-state index in [1.54, 1.807) is 22.5 Å². The van der Waals surface area contributed by atoms with E-state index in [0.717, 1.165) is 29.8 Å². The lowest BCUT2D eigenvalue weighted by Crippen LogP contribution is -2.31. The Morgan fingerprint density at radius 2 is 1.89 bits per heavy atom. The van der Waals surface area contributed by atoms with Crippen LogP contribution in [0.25, 0.3) is 0 Å². The minimum absolute atomic E-state index is 0.0151. The number of nitrogens with zero attached hydrogens (tertiary/aromatic N) is 1. The van der Waals surface area contributed by atoms with Gasteiger partial charge in [0.15, 0.2) is 0 Å². The number of carbonyl (C=O) groups excluding carboxylic acids is 1. The number of para-hydroxylation sites is 1. The number of anilines is 2. The van der Waals surface area contributed by atoms with Gasteiger partial charge in [0, 0.05) is 36.9 Å². The average molecular weight is 385 g/mol. The van der Waals surface area contributed by atoms with Gasteiger partial charge >= 0.3 is 0 Å². The molecule has 7 heteroatoms. The van der Waals surface area contributed by atoms with Crippen molar-refractivity contribution in [3.8, 4) is 0 Å². The Hall–Kier alpha value is -2.38. The summed E-state index contributed by atoms with van der Waals surface area (Å²) in [6, 6.07) is 15.0. The summed E-state index contributed by atoms with van der Waals surface area (Å²) >= 11 is 0. The zero-order chi connectivity index (χ0) is 18.9. The summed E-state index contributed by atoms with van der Waals surface area (Å²) in [5.41, 5.74) is 2.61. The van der Waals surface area contributed by atoms with Crippen molar-refractivity contribution in [3.05, 3.63) is 54.1 Å². The number of rotatable bonds is 4. The van der Waals surface area contributed by atoms with E-state index in [-0.39, 0.29) is 11.9 Å². The van der Waals surface area contributed by atoms with Crippen molar-refractivity contribution in [1.29, 1.82) is 0 Å². The van der Waals surface area contributed by atoms with Crippen LogP contribution in [0.3, 0.4) is 0 Å². The number of fused-ring (bicyclic) bond motifs is 1. The molecule has 0 bridgehead atoms. The molecular weight excluding hydrogens is 362 g/mol. The Balaban J connectivity index is 1.50. The minimum atomic E-state index is -3.54. The molecule has 0 saturated carbocycles. The molecule has 6 nitrogen and oxygen atoms in total. The largest absolute Gasteiger partial charge is 0.381 e. The summed E-state index contributed by atoms with van der Waals surface area (Å²) in [5, 5.41) is 6.25. The molecule has 0 aliphatic carbocycles. The van der Waals surface area contributed by atoms with E-state index in [4.69, 9.17) is 0 Å². The molecule has 2 aliphatic heterocycles. The third-order valence-corrected chi connectivity index (χ3v) is 7.00. The Labute approximate surface area is 159 Å². The molecule has 0 spiro atoms. The SMILES string of the molecule is O=C1CCCc2cc(S(=O)(=O)N3CCC(Nc4ccccc4)C3)ccc2N1. The highest BCUT2D eigenvalue weighted by atomic mass is 32.2. The van der Waals surface area contributed by atoms with E-state index < -0.39 is 10.0 Å². The van der Waals surface area contributed by atoms with Crippen molar-refractivity contribution in [3.63, 3.8) is 0 Å². The monoisotopic (exact) mass is 385 g/mol. The van der Waals surface area contributed by atoms with Gasteiger partial charge in [0.25, 0.3) is 0 Å². The van der Waals surface area contributed by atoms with Gasteiger partial charge in [0.1, 0.15) is 0 Å². The molecule has 0 radical (unpaired) electrons. The molecule has 4 rings (SSSR count). The highest BCUT2D eigenvalue weighted by Crippen LogP contribution is 2.28. The molecule has 1 atom stereocenters. The van der Waals surface area contributed by atoms with E-state index in [9.17, 15) is 13.2 Å². The molecule has 2 aromatic carbocycles. The minimum Gasteiger partial charge on any atom is -0.381 e. The molecule has 1 unspecified atom stereocenters. The van der Waals surface area contributed by atoms with Gasteiger partial charge in [-0.2, -0.15) is 4.31 Å². The third-order valence-electron chi connectivity index (χ3n) is 5.13. The first-order valence-electron chi connectivity index (χ1n) is 9.27. The zero-order valence-corrected chi connectivity index (χ0v) is 15.8. The van der Waals surface area contributed by atoms with Crippen molar-refractivity contribution < 1.29 is 13.2 Å². The Morgan fingerprint density at radius 1 is 1.07 bits per heavy atom. The maximum atomic E-state index is 13.1. The highest BCUT2D eigenvalue weighted by Gasteiger charge is 2.33. The molecule has 2 N–H and O–H groups in total. The van der Waals surface area contributed by atoms with Gasteiger partial charge in [-0.1, -0.05) is 18.2 Å². The fourth-order valence-corrected chi connectivity index (χ4v) is 5.25. The van der Waals surface area contributed by atoms with Gasteiger partial charge in [0.05, 0.1) is 4.90 Å². The Morgan fingerprint density at radius 3 is 2.70 bits per heavy atom. The van der Waals surface area contributed by atoms with Gasteiger partial charge in [-0.05, 0) is 55.2 Å². The molecular formula is C20H23N3O3S. The smallest absolute Gasteiger partial charge is 0.243 e. The average Bonchev–Trinajstić information content (AvgIpc) is 3.04. The van der Waals surface area contributed by atoms with E-state index in [1.165, 1.54) is 0 Å². The number of nitrogens with one attached hydrogen (secondary N) is 2. The van der Waals surface area contributed by atoms with Crippen molar-refractivity contribution in [2.75, 3.05) is 23.7 Å². The normalized spacial score (nSPS) is 20.6. The fraction of sp³-hybridized carbons (Fsp3) is 0.350. The van der Waals surface area contributed by atoms with Crippen LogP contribution in [-0.2, 0) is 21.2 Å². The molecule has 1 amide bonds.